The summed E-state index contributed by atoms with van der Waals surface area (Å²) >= 11 is 0. The summed E-state index contributed by atoms with van der Waals surface area (Å²) in [6.45, 7) is 13.8. The number of carbonyl (C=O) groups is 1. The van der Waals surface area contributed by atoms with Gasteiger partial charge in [0.25, 0.3) is 0 Å². The molecule has 1 atom stereocenters. The zero-order chi connectivity index (χ0) is 15.5. The van der Waals surface area contributed by atoms with Crippen LogP contribution in [0.25, 0.3) is 0 Å². The number of Topliss-reactive ketones (excluding diaryl/α,β-unsaturated/α-hetero) is 1. The SMILES string of the molecule is Cc1cc(C)cc(C(=O)CCN(C)C(C)C(C)(C)C)c1. The Bertz CT molecular complexity index is 451. The standard InChI is InChI=1S/C18H29NO/c1-13-10-14(2)12-16(11-13)17(20)8-9-19(7)15(3)18(4,5)6/h10-12,15H,8-9H2,1-7H3. The summed E-state index contributed by atoms with van der Waals surface area (Å²) in [5, 5.41) is 0. The summed E-state index contributed by atoms with van der Waals surface area (Å²) in [5.74, 6) is 0.241. The second-order valence-electron chi connectivity index (χ2n) is 7.07. The van der Waals surface area contributed by atoms with Gasteiger partial charge in [-0.3, -0.25) is 4.79 Å². The zero-order valence-electron chi connectivity index (χ0n) is 14.1. The lowest BCUT2D eigenvalue weighted by Gasteiger charge is -2.35. The summed E-state index contributed by atoms with van der Waals surface area (Å²) in [5.41, 5.74) is 3.39. The second kappa shape index (κ2) is 6.53. The van der Waals surface area contributed by atoms with Crippen molar-refractivity contribution < 1.29 is 4.79 Å². The first kappa shape index (κ1) is 16.9. The Kier molecular flexibility index (Phi) is 5.52. The van der Waals surface area contributed by atoms with E-state index in [0.717, 1.165) is 23.2 Å². The predicted octanol–water partition coefficient (Wildman–Crippen LogP) is 4.24. The zero-order valence-corrected chi connectivity index (χ0v) is 14.1. The van der Waals surface area contributed by atoms with Crippen LogP contribution >= 0.6 is 0 Å². The minimum absolute atomic E-state index is 0.234. The molecule has 0 heterocycles. The van der Waals surface area contributed by atoms with E-state index in [0.29, 0.717) is 12.5 Å². The Morgan fingerprint density at radius 1 is 1.15 bits per heavy atom. The van der Waals surface area contributed by atoms with Crippen molar-refractivity contribution in [3.8, 4) is 0 Å². The Labute approximate surface area is 124 Å². The molecule has 0 spiro atoms. The molecule has 0 bridgehead atoms. The molecule has 0 aromatic heterocycles. The van der Waals surface area contributed by atoms with E-state index in [9.17, 15) is 4.79 Å². The topological polar surface area (TPSA) is 20.3 Å². The Morgan fingerprint density at radius 2 is 1.65 bits per heavy atom. The van der Waals surface area contributed by atoms with Crippen LogP contribution in [-0.2, 0) is 0 Å². The lowest BCUT2D eigenvalue weighted by Crippen LogP contribution is -2.40. The maximum absolute atomic E-state index is 12.3. The monoisotopic (exact) mass is 275 g/mol. The van der Waals surface area contributed by atoms with E-state index in [2.05, 4.69) is 45.7 Å². The maximum Gasteiger partial charge on any atom is 0.164 e. The fourth-order valence-corrected chi connectivity index (χ4v) is 2.41. The van der Waals surface area contributed by atoms with Crippen molar-refractivity contribution in [1.82, 2.24) is 4.90 Å². The van der Waals surface area contributed by atoms with Crippen molar-refractivity contribution in [3.63, 3.8) is 0 Å². The highest BCUT2D eigenvalue weighted by Crippen LogP contribution is 2.23. The van der Waals surface area contributed by atoms with Crippen molar-refractivity contribution in [2.45, 2.75) is 54.0 Å². The average Bonchev–Trinajstić information content (AvgIpc) is 2.32. The largest absolute Gasteiger partial charge is 0.303 e. The number of aryl methyl sites for hydroxylation is 2. The van der Waals surface area contributed by atoms with Crippen molar-refractivity contribution in [2.24, 2.45) is 5.41 Å². The summed E-state index contributed by atoms with van der Waals surface area (Å²) in [7, 11) is 2.10. The van der Waals surface area contributed by atoms with Crippen LogP contribution in [0.15, 0.2) is 18.2 Å². The van der Waals surface area contributed by atoms with Gasteiger partial charge in [-0.25, -0.2) is 0 Å². The smallest absolute Gasteiger partial charge is 0.164 e. The molecular formula is C18H29NO. The van der Waals surface area contributed by atoms with Gasteiger partial charge in [-0.05, 0) is 45.4 Å². The minimum Gasteiger partial charge on any atom is -0.303 e. The van der Waals surface area contributed by atoms with Gasteiger partial charge in [0.1, 0.15) is 0 Å². The Hall–Kier alpha value is -1.15. The molecular weight excluding hydrogens is 246 g/mol. The molecule has 0 amide bonds. The molecule has 1 aromatic carbocycles. The summed E-state index contributed by atoms with van der Waals surface area (Å²) in [6, 6.07) is 6.53. The molecule has 0 aliphatic heterocycles. The summed E-state index contributed by atoms with van der Waals surface area (Å²) in [6.07, 6.45) is 0.583. The Balaban J connectivity index is 2.63. The van der Waals surface area contributed by atoms with Gasteiger partial charge in [0.15, 0.2) is 5.78 Å². The number of benzene rings is 1. The van der Waals surface area contributed by atoms with Gasteiger partial charge in [-0.2, -0.15) is 0 Å². The first-order valence-corrected chi connectivity index (χ1v) is 7.43. The molecule has 0 saturated heterocycles. The molecule has 0 fully saturated rings. The molecule has 0 radical (unpaired) electrons. The van der Waals surface area contributed by atoms with E-state index in [-0.39, 0.29) is 11.2 Å². The molecule has 1 unspecified atom stereocenters. The van der Waals surface area contributed by atoms with Gasteiger partial charge >= 0.3 is 0 Å². The van der Waals surface area contributed by atoms with E-state index in [1.807, 2.05) is 26.0 Å². The molecule has 112 valence electrons. The number of hydrogen-bond acceptors (Lipinski definition) is 2. The normalized spacial score (nSPS) is 13.6. The van der Waals surface area contributed by atoms with Crippen LogP contribution < -0.4 is 0 Å². The van der Waals surface area contributed by atoms with E-state index >= 15 is 0 Å². The van der Waals surface area contributed by atoms with E-state index in [1.165, 1.54) is 0 Å². The number of rotatable bonds is 5. The molecule has 0 N–H and O–H groups in total. The van der Waals surface area contributed by atoms with E-state index in [4.69, 9.17) is 0 Å². The molecule has 2 heteroatoms. The second-order valence-corrected chi connectivity index (χ2v) is 7.07. The van der Waals surface area contributed by atoms with Crippen LogP contribution in [0.4, 0.5) is 0 Å². The highest BCUT2D eigenvalue weighted by Gasteiger charge is 2.24. The molecule has 0 aliphatic carbocycles. The van der Waals surface area contributed by atoms with Crippen LogP contribution in [-0.4, -0.2) is 30.3 Å². The quantitative estimate of drug-likeness (QED) is 0.749. The maximum atomic E-state index is 12.3. The Morgan fingerprint density at radius 3 is 2.10 bits per heavy atom. The average molecular weight is 275 g/mol. The molecule has 2 nitrogen and oxygen atoms in total. The van der Waals surface area contributed by atoms with Crippen LogP contribution in [0.2, 0.25) is 0 Å². The number of carbonyl (C=O) groups excluding carboxylic acids is 1. The van der Waals surface area contributed by atoms with Gasteiger partial charge in [0, 0.05) is 24.6 Å². The molecule has 0 saturated carbocycles. The summed E-state index contributed by atoms with van der Waals surface area (Å²) in [4.78, 5) is 14.6. The highest BCUT2D eigenvalue weighted by atomic mass is 16.1. The van der Waals surface area contributed by atoms with Crippen LogP contribution in [0, 0.1) is 19.3 Å². The first-order valence-electron chi connectivity index (χ1n) is 7.43. The van der Waals surface area contributed by atoms with Crippen molar-refractivity contribution in [3.05, 3.63) is 34.9 Å². The minimum atomic E-state index is 0.234. The number of nitrogens with zero attached hydrogens (tertiary/aromatic N) is 1. The molecule has 20 heavy (non-hydrogen) atoms. The lowest BCUT2D eigenvalue weighted by atomic mass is 9.87. The van der Waals surface area contributed by atoms with Gasteiger partial charge in [-0.15, -0.1) is 0 Å². The van der Waals surface area contributed by atoms with Crippen LogP contribution in [0.3, 0.4) is 0 Å². The van der Waals surface area contributed by atoms with Crippen molar-refractivity contribution in [2.75, 3.05) is 13.6 Å². The van der Waals surface area contributed by atoms with Crippen molar-refractivity contribution in [1.29, 1.82) is 0 Å². The summed E-state index contributed by atoms with van der Waals surface area (Å²) < 4.78 is 0. The third kappa shape index (κ3) is 4.75. The van der Waals surface area contributed by atoms with E-state index < -0.39 is 0 Å². The third-order valence-corrected chi connectivity index (χ3v) is 4.15. The predicted molar refractivity (Wildman–Crippen MR) is 86.4 cm³/mol. The fraction of sp³-hybridized carbons (Fsp3) is 0.611. The van der Waals surface area contributed by atoms with Crippen LogP contribution in [0.5, 0.6) is 0 Å². The molecule has 0 aliphatic rings. The molecule has 1 aromatic rings. The number of hydrogen-bond donors (Lipinski definition) is 0. The number of ketones is 1. The third-order valence-electron chi connectivity index (χ3n) is 4.15. The van der Waals surface area contributed by atoms with Gasteiger partial charge < -0.3 is 4.90 Å². The van der Waals surface area contributed by atoms with Gasteiger partial charge in [0.2, 0.25) is 0 Å². The van der Waals surface area contributed by atoms with Crippen molar-refractivity contribution >= 4 is 5.78 Å². The highest BCUT2D eigenvalue weighted by molar-refractivity contribution is 5.96. The fourth-order valence-electron chi connectivity index (χ4n) is 2.41. The van der Waals surface area contributed by atoms with Crippen LogP contribution in [0.1, 0.15) is 55.6 Å². The first-order chi connectivity index (χ1) is 9.11. The molecule has 1 rings (SSSR count). The van der Waals surface area contributed by atoms with Gasteiger partial charge in [0.05, 0.1) is 0 Å². The van der Waals surface area contributed by atoms with Gasteiger partial charge in [-0.1, -0.05) is 38.0 Å². The lowest BCUT2D eigenvalue weighted by molar-refractivity contribution is 0.0928. The van der Waals surface area contributed by atoms with E-state index in [1.54, 1.807) is 0 Å².